The fourth-order valence-corrected chi connectivity index (χ4v) is 1.97. The van der Waals surface area contributed by atoms with E-state index in [-0.39, 0.29) is 11.9 Å². The van der Waals surface area contributed by atoms with Gasteiger partial charge in [-0.3, -0.25) is 4.57 Å². The second-order valence-electron chi connectivity index (χ2n) is 2.77. The summed E-state index contributed by atoms with van der Waals surface area (Å²) in [5.41, 5.74) is 5.29. The number of nitrogens with two attached hydrogens (primary N) is 1. The minimum Gasteiger partial charge on any atom is -0.464 e. The van der Waals surface area contributed by atoms with Crippen molar-refractivity contribution in [3.05, 3.63) is 11.8 Å². The maximum absolute atomic E-state index is 11.6. The SMILES string of the molecule is CCOP(C)(=O)CC=C(N)C(=O)OC. The normalized spacial score (nSPS) is 16.1. The molecule has 0 heterocycles. The number of carbonyl (C=O) groups is 1. The van der Waals surface area contributed by atoms with Gasteiger partial charge in [0.15, 0.2) is 0 Å². The Morgan fingerprint density at radius 3 is 2.57 bits per heavy atom. The summed E-state index contributed by atoms with van der Waals surface area (Å²) >= 11 is 0. The molecule has 0 amide bonds. The monoisotopic (exact) mass is 221 g/mol. The highest BCUT2D eigenvalue weighted by molar-refractivity contribution is 7.58. The zero-order valence-corrected chi connectivity index (χ0v) is 9.54. The summed E-state index contributed by atoms with van der Waals surface area (Å²) < 4.78 is 20.9. The Labute approximate surface area is 83.7 Å². The Kier molecular flexibility index (Phi) is 5.50. The fourth-order valence-electron chi connectivity index (χ4n) is 0.791. The number of allylic oxidation sites excluding steroid dienone is 1. The lowest BCUT2D eigenvalue weighted by molar-refractivity contribution is -0.136. The molecule has 0 spiro atoms. The zero-order valence-electron chi connectivity index (χ0n) is 8.65. The van der Waals surface area contributed by atoms with Crippen LogP contribution in [-0.4, -0.2) is 32.5 Å². The van der Waals surface area contributed by atoms with Gasteiger partial charge in [0.2, 0.25) is 7.37 Å². The summed E-state index contributed by atoms with van der Waals surface area (Å²) in [4.78, 5) is 10.8. The Bertz CT molecular complexity index is 275. The van der Waals surface area contributed by atoms with Gasteiger partial charge in [-0.15, -0.1) is 0 Å². The standard InChI is InChI=1S/C8H16NO4P/c1-4-13-14(3,11)6-5-7(9)8(10)12-2/h5H,4,6,9H2,1-3H3. The largest absolute Gasteiger partial charge is 0.464 e. The first-order chi connectivity index (χ1) is 6.43. The van der Waals surface area contributed by atoms with Crippen LogP contribution in [0.25, 0.3) is 0 Å². The average Bonchev–Trinajstić information content (AvgIpc) is 2.13. The molecule has 0 fully saturated rings. The van der Waals surface area contributed by atoms with Gasteiger partial charge in [0.05, 0.1) is 13.7 Å². The molecular formula is C8H16NO4P. The van der Waals surface area contributed by atoms with Crippen molar-refractivity contribution in [2.45, 2.75) is 6.92 Å². The molecule has 0 saturated heterocycles. The average molecular weight is 221 g/mol. The Morgan fingerprint density at radius 1 is 1.57 bits per heavy atom. The van der Waals surface area contributed by atoms with E-state index in [9.17, 15) is 9.36 Å². The molecule has 0 aromatic carbocycles. The molecule has 0 saturated carbocycles. The third-order valence-electron chi connectivity index (χ3n) is 1.47. The summed E-state index contributed by atoms with van der Waals surface area (Å²) in [7, 11) is -1.43. The summed E-state index contributed by atoms with van der Waals surface area (Å²) in [6, 6.07) is 0. The van der Waals surface area contributed by atoms with Gasteiger partial charge >= 0.3 is 5.97 Å². The van der Waals surface area contributed by atoms with Crippen molar-refractivity contribution in [3.8, 4) is 0 Å². The van der Waals surface area contributed by atoms with Crippen LogP contribution in [-0.2, 0) is 18.6 Å². The number of hydrogen-bond acceptors (Lipinski definition) is 5. The van der Waals surface area contributed by atoms with Gasteiger partial charge in [-0.05, 0) is 13.0 Å². The fraction of sp³-hybridized carbons (Fsp3) is 0.625. The minimum atomic E-state index is -2.66. The van der Waals surface area contributed by atoms with Crippen molar-refractivity contribution < 1.29 is 18.6 Å². The van der Waals surface area contributed by atoms with Crippen LogP contribution in [0.5, 0.6) is 0 Å². The van der Waals surface area contributed by atoms with Crippen LogP contribution in [0.4, 0.5) is 0 Å². The number of methoxy groups -OCH3 is 1. The van der Waals surface area contributed by atoms with Gasteiger partial charge < -0.3 is 15.0 Å². The molecule has 0 aliphatic heterocycles. The van der Waals surface area contributed by atoms with Crippen LogP contribution in [0.2, 0.25) is 0 Å². The van der Waals surface area contributed by atoms with E-state index in [1.54, 1.807) is 6.92 Å². The first kappa shape index (κ1) is 13.2. The lowest BCUT2D eigenvalue weighted by Crippen LogP contribution is -2.13. The van der Waals surface area contributed by atoms with Crippen LogP contribution in [0.3, 0.4) is 0 Å². The number of esters is 1. The molecule has 0 bridgehead atoms. The van der Waals surface area contributed by atoms with Gasteiger partial charge in [0, 0.05) is 12.8 Å². The van der Waals surface area contributed by atoms with Crippen molar-refractivity contribution in [3.63, 3.8) is 0 Å². The molecule has 82 valence electrons. The Balaban J connectivity index is 4.27. The van der Waals surface area contributed by atoms with Gasteiger partial charge in [0.25, 0.3) is 0 Å². The quantitative estimate of drug-likeness (QED) is 0.424. The highest BCUT2D eigenvalue weighted by atomic mass is 31.2. The summed E-state index contributed by atoms with van der Waals surface area (Å²) in [5.74, 6) is -0.624. The molecule has 1 unspecified atom stereocenters. The smallest absolute Gasteiger partial charge is 0.353 e. The van der Waals surface area contributed by atoms with Gasteiger partial charge in [-0.2, -0.15) is 0 Å². The molecular weight excluding hydrogens is 205 g/mol. The Hall–Kier alpha value is -0.800. The molecule has 5 nitrogen and oxygen atoms in total. The van der Waals surface area contributed by atoms with E-state index in [1.807, 2.05) is 0 Å². The van der Waals surface area contributed by atoms with Crippen LogP contribution < -0.4 is 5.73 Å². The molecule has 1 atom stereocenters. The van der Waals surface area contributed by atoms with Gasteiger partial charge in [0.1, 0.15) is 5.70 Å². The lowest BCUT2D eigenvalue weighted by atomic mass is 10.4. The second-order valence-corrected chi connectivity index (χ2v) is 5.42. The second kappa shape index (κ2) is 5.83. The minimum absolute atomic E-state index is 0.0470. The predicted molar refractivity (Wildman–Crippen MR) is 54.3 cm³/mol. The van der Waals surface area contributed by atoms with Crippen LogP contribution >= 0.6 is 7.37 Å². The summed E-state index contributed by atoms with van der Waals surface area (Å²) in [5, 5.41) is 0. The topological polar surface area (TPSA) is 78.6 Å². The van der Waals surface area contributed by atoms with E-state index in [0.717, 1.165) is 0 Å². The zero-order chi connectivity index (χ0) is 11.2. The number of rotatable bonds is 5. The molecule has 0 rings (SSSR count). The van der Waals surface area contributed by atoms with Crippen LogP contribution in [0, 0.1) is 0 Å². The van der Waals surface area contributed by atoms with Crippen LogP contribution in [0.1, 0.15) is 6.92 Å². The third kappa shape index (κ3) is 5.04. The van der Waals surface area contributed by atoms with E-state index in [2.05, 4.69) is 4.74 Å². The van der Waals surface area contributed by atoms with E-state index in [4.69, 9.17) is 10.3 Å². The van der Waals surface area contributed by atoms with Crippen LogP contribution in [0.15, 0.2) is 11.8 Å². The molecule has 14 heavy (non-hydrogen) atoms. The molecule has 2 N–H and O–H groups in total. The molecule has 6 heteroatoms. The van der Waals surface area contributed by atoms with Crippen molar-refractivity contribution in [2.75, 3.05) is 26.5 Å². The molecule has 0 radical (unpaired) electrons. The maximum atomic E-state index is 11.6. The molecule has 0 aromatic heterocycles. The molecule has 0 aliphatic carbocycles. The summed E-state index contributed by atoms with van der Waals surface area (Å²) in [6.45, 7) is 3.63. The van der Waals surface area contributed by atoms with Gasteiger partial charge in [-0.1, -0.05) is 0 Å². The Morgan fingerprint density at radius 2 is 2.14 bits per heavy atom. The maximum Gasteiger partial charge on any atom is 0.353 e. The van der Waals surface area contributed by atoms with Gasteiger partial charge in [-0.25, -0.2) is 4.79 Å². The van der Waals surface area contributed by atoms with Crippen molar-refractivity contribution in [2.24, 2.45) is 5.73 Å². The summed E-state index contributed by atoms with van der Waals surface area (Å²) in [6.07, 6.45) is 1.50. The molecule has 0 aromatic rings. The van der Waals surface area contributed by atoms with E-state index >= 15 is 0 Å². The van der Waals surface area contributed by atoms with Crippen molar-refractivity contribution in [1.29, 1.82) is 0 Å². The third-order valence-corrected chi connectivity index (χ3v) is 3.12. The van der Waals surface area contributed by atoms with E-state index < -0.39 is 13.3 Å². The predicted octanol–water partition coefficient (Wildman–Crippen LogP) is 0.946. The first-order valence-electron chi connectivity index (χ1n) is 4.18. The number of hydrogen-bond donors (Lipinski definition) is 1. The van der Waals surface area contributed by atoms with Crippen molar-refractivity contribution >= 4 is 13.3 Å². The number of ether oxygens (including phenoxy) is 1. The highest BCUT2D eigenvalue weighted by Crippen LogP contribution is 2.42. The lowest BCUT2D eigenvalue weighted by Gasteiger charge is -2.09. The van der Waals surface area contributed by atoms with E-state index in [0.29, 0.717) is 6.61 Å². The molecule has 0 aliphatic rings. The number of carbonyl (C=O) groups excluding carboxylic acids is 1. The van der Waals surface area contributed by atoms with Crippen molar-refractivity contribution in [1.82, 2.24) is 0 Å². The highest BCUT2D eigenvalue weighted by Gasteiger charge is 2.14. The first-order valence-corrected chi connectivity index (χ1v) is 6.43. The van der Waals surface area contributed by atoms with E-state index in [1.165, 1.54) is 19.9 Å².